The number of hydrogen-bond acceptors (Lipinski definition) is 8. The van der Waals surface area contributed by atoms with Crippen molar-refractivity contribution in [1.82, 2.24) is 9.80 Å². The van der Waals surface area contributed by atoms with Gasteiger partial charge in [0.2, 0.25) is 0 Å². The van der Waals surface area contributed by atoms with Gasteiger partial charge in [0, 0.05) is 26.2 Å². The van der Waals surface area contributed by atoms with Crippen LogP contribution in [0.1, 0.15) is 0 Å². The second kappa shape index (κ2) is 35.0. The van der Waals surface area contributed by atoms with Crippen LogP contribution >= 0.6 is 0 Å². The standard InChI is InChI=1S/C10H16N2O8.2Na.7H2O/c13-7(14)3-11(4-8(15)16)1-2-12(5-9(17)18)6-10(19)20;;;;;;;;;/h1-6H2,(H,13,14)(H,15,16)(H,17,18)(H,19,20);;;7*1H2/q;2*+1;;;;;;;/p-2. The summed E-state index contributed by atoms with van der Waals surface area (Å²) >= 11 is 0. The van der Waals surface area contributed by atoms with Gasteiger partial charge in [-0.25, -0.2) is 0 Å². The molecule has 0 saturated heterocycles. The molecule has 0 unspecified atom stereocenters. The minimum Gasteiger partial charge on any atom is -0.549 e. The van der Waals surface area contributed by atoms with Gasteiger partial charge >= 0.3 is 71.1 Å². The minimum absolute atomic E-state index is 0. The summed E-state index contributed by atoms with van der Waals surface area (Å²) < 4.78 is 0. The third-order valence-electron chi connectivity index (χ3n) is 2.16. The molecule has 0 radical (unpaired) electrons. The van der Waals surface area contributed by atoms with Crippen LogP contribution in [0, 0.1) is 0 Å². The minimum atomic E-state index is -1.51. The normalized spacial score (nSPS) is 7.38. The number of nitrogens with zero attached hydrogens (tertiary/aromatic N) is 2. The monoisotopic (exact) mass is 462 g/mol. The van der Waals surface area contributed by atoms with Gasteiger partial charge in [0.25, 0.3) is 0 Å². The maximum Gasteiger partial charge on any atom is 1.00 e. The van der Waals surface area contributed by atoms with Gasteiger partial charge in [0.15, 0.2) is 0 Å². The van der Waals surface area contributed by atoms with Crippen molar-refractivity contribution in [2.45, 2.75) is 0 Å². The summed E-state index contributed by atoms with van der Waals surface area (Å²) in [7, 11) is 0. The molecule has 0 saturated carbocycles. The van der Waals surface area contributed by atoms with E-state index >= 15 is 0 Å². The van der Waals surface area contributed by atoms with Crippen LogP contribution in [0.15, 0.2) is 0 Å². The fourth-order valence-corrected chi connectivity index (χ4v) is 1.46. The second-order valence-electron chi connectivity index (χ2n) is 3.95. The second-order valence-corrected chi connectivity index (χ2v) is 3.95. The third kappa shape index (κ3) is 42.6. The van der Waals surface area contributed by atoms with E-state index in [0.29, 0.717) is 0 Å². The molecule has 0 aliphatic rings. The van der Waals surface area contributed by atoms with Crippen LogP contribution in [-0.4, -0.2) is 121 Å². The van der Waals surface area contributed by atoms with Crippen LogP contribution in [0.5, 0.6) is 0 Å². The van der Waals surface area contributed by atoms with Crippen molar-refractivity contribution in [3.05, 3.63) is 0 Å². The first-order chi connectivity index (χ1) is 9.20. The number of aliphatic carboxylic acids is 4. The molecule has 0 aromatic heterocycles. The Kier molecular flexibility index (Phi) is 76.0. The van der Waals surface area contributed by atoms with Crippen molar-refractivity contribution in [2.24, 2.45) is 0 Å². The molecule has 170 valence electrons. The largest absolute Gasteiger partial charge is 1.00 e. The van der Waals surface area contributed by atoms with Crippen molar-refractivity contribution in [3.8, 4) is 0 Å². The molecule has 0 atom stereocenters. The van der Waals surface area contributed by atoms with Gasteiger partial charge in [0.05, 0.1) is 25.0 Å². The predicted octanol–water partition coefficient (Wildman–Crippen LogP) is -16.5. The fraction of sp³-hybridized carbons (Fsp3) is 0.600. The summed E-state index contributed by atoms with van der Waals surface area (Å²) in [5.41, 5.74) is 0. The Morgan fingerprint density at radius 2 is 0.759 bits per heavy atom. The molecule has 0 fully saturated rings. The first-order valence-electron chi connectivity index (χ1n) is 5.48. The fourth-order valence-electron chi connectivity index (χ4n) is 1.46. The molecule has 0 aromatic rings. The summed E-state index contributed by atoms with van der Waals surface area (Å²) in [4.78, 5) is 43.9. The Bertz CT molecular complexity index is 333. The van der Waals surface area contributed by atoms with Gasteiger partial charge < -0.3 is 68.3 Å². The van der Waals surface area contributed by atoms with Crippen LogP contribution in [0.4, 0.5) is 0 Å². The Morgan fingerprint density at radius 1 is 0.552 bits per heavy atom. The van der Waals surface area contributed by atoms with Crippen molar-refractivity contribution in [3.63, 3.8) is 0 Å². The first-order valence-corrected chi connectivity index (χ1v) is 5.48. The van der Waals surface area contributed by atoms with Gasteiger partial charge in [-0.15, -0.1) is 0 Å². The molecule has 17 nitrogen and oxygen atoms in total. The Balaban J connectivity index is -0.0000000501. The van der Waals surface area contributed by atoms with Crippen LogP contribution in [-0.2, 0) is 19.2 Å². The zero-order valence-corrected chi connectivity index (χ0v) is 20.0. The van der Waals surface area contributed by atoms with E-state index in [4.69, 9.17) is 10.2 Å². The van der Waals surface area contributed by atoms with Crippen molar-refractivity contribution in [1.29, 1.82) is 0 Å². The van der Waals surface area contributed by atoms with E-state index < -0.39 is 50.1 Å². The first kappa shape index (κ1) is 63.0. The summed E-state index contributed by atoms with van der Waals surface area (Å²) in [6.07, 6.45) is 0. The number of carboxylic acids is 4. The Labute approximate surface area is 209 Å². The predicted molar refractivity (Wildman–Crippen MR) is 83.5 cm³/mol. The topological polar surface area (TPSA) is 382 Å². The SMILES string of the molecule is O.O.O.O.O.O.O.O=C([O-])CN(CCN(CC(=O)O)CC(=O)O)CC(=O)[O-].[Na+].[Na+]. The smallest absolute Gasteiger partial charge is 0.549 e. The molecule has 0 rings (SSSR count). The molecular weight excluding hydrogens is 434 g/mol. The van der Waals surface area contributed by atoms with E-state index in [1.807, 2.05) is 0 Å². The van der Waals surface area contributed by atoms with E-state index in [0.717, 1.165) is 9.80 Å². The molecule has 0 aromatic carbocycles. The average molecular weight is 462 g/mol. The van der Waals surface area contributed by atoms with Crippen LogP contribution in [0.2, 0.25) is 0 Å². The quantitative estimate of drug-likeness (QED) is 0.273. The molecule has 0 spiro atoms. The van der Waals surface area contributed by atoms with E-state index in [9.17, 15) is 29.4 Å². The Hall–Kier alpha value is -0.480. The van der Waals surface area contributed by atoms with Crippen LogP contribution in [0.3, 0.4) is 0 Å². The number of carbonyl (C=O) groups excluding carboxylic acids is 2. The van der Waals surface area contributed by atoms with Gasteiger partial charge in [-0.2, -0.15) is 0 Å². The zero-order valence-electron chi connectivity index (χ0n) is 16.0. The van der Waals surface area contributed by atoms with E-state index in [1.165, 1.54) is 0 Å². The molecular formula is C10H28N2Na2O15. The number of carbonyl (C=O) groups is 4. The summed E-state index contributed by atoms with van der Waals surface area (Å²) in [5.74, 6) is -5.52. The number of carboxylic acid groups (broad SMARTS) is 4. The maximum absolute atomic E-state index is 10.5. The maximum atomic E-state index is 10.5. The van der Waals surface area contributed by atoms with Gasteiger partial charge in [-0.3, -0.25) is 19.4 Å². The molecule has 0 heterocycles. The molecule has 0 aliphatic heterocycles. The average Bonchev–Trinajstić information content (AvgIpc) is 2.22. The molecule has 19 heteroatoms. The molecule has 29 heavy (non-hydrogen) atoms. The number of rotatable bonds is 11. The molecule has 0 amide bonds. The van der Waals surface area contributed by atoms with Crippen LogP contribution in [0.25, 0.3) is 0 Å². The Morgan fingerprint density at radius 3 is 0.931 bits per heavy atom. The molecule has 0 bridgehead atoms. The van der Waals surface area contributed by atoms with Crippen LogP contribution < -0.4 is 69.3 Å². The van der Waals surface area contributed by atoms with E-state index in [-0.39, 0.29) is 111 Å². The number of hydrogen-bond donors (Lipinski definition) is 2. The summed E-state index contributed by atoms with van der Waals surface area (Å²) in [6, 6.07) is 0. The molecule has 16 N–H and O–H groups in total. The van der Waals surface area contributed by atoms with Gasteiger partial charge in [-0.1, -0.05) is 0 Å². The zero-order chi connectivity index (χ0) is 15.7. The van der Waals surface area contributed by atoms with E-state index in [2.05, 4.69) is 0 Å². The van der Waals surface area contributed by atoms with Crippen molar-refractivity contribution < 1.29 is 137 Å². The van der Waals surface area contributed by atoms with Crippen molar-refractivity contribution in [2.75, 3.05) is 39.3 Å². The van der Waals surface area contributed by atoms with Gasteiger partial charge in [-0.05, 0) is 0 Å². The third-order valence-corrected chi connectivity index (χ3v) is 2.16. The van der Waals surface area contributed by atoms with Gasteiger partial charge in [0.1, 0.15) is 0 Å². The summed E-state index contributed by atoms with van der Waals surface area (Å²) in [6.45, 7) is -2.75. The summed E-state index contributed by atoms with van der Waals surface area (Å²) in [5, 5.41) is 38.0. The van der Waals surface area contributed by atoms with Crippen molar-refractivity contribution >= 4 is 23.9 Å². The van der Waals surface area contributed by atoms with E-state index in [1.54, 1.807) is 0 Å². The molecule has 0 aliphatic carbocycles.